The van der Waals surface area contributed by atoms with Gasteiger partial charge in [-0.15, -0.1) is 5.10 Å². The molecule has 1 aliphatic rings. The van der Waals surface area contributed by atoms with E-state index in [1.54, 1.807) is 4.68 Å². The van der Waals surface area contributed by atoms with Gasteiger partial charge in [-0.3, -0.25) is 4.68 Å². The monoisotopic (exact) mass is 182 g/mol. The summed E-state index contributed by atoms with van der Waals surface area (Å²) in [6.45, 7) is 0. The summed E-state index contributed by atoms with van der Waals surface area (Å²) >= 11 is 4.87. The molecular weight excluding hydrogens is 172 g/mol. The molecule has 2 N–H and O–H groups in total. The van der Waals surface area contributed by atoms with E-state index in [1.807, 2.05) is 7.05 Å². The normalized spacial score (nSPS) is 16.4. The Morgan fingerprint density at radius 1 is 1.67 bits per heavy atom. The van der Waals surface area contributed by atoms with Crippen molar-refractivity contribution in [3.63, 3.8) is 0 Å². The molecule has 1 aliphatic carbocycles. The van der Waals surface area contributed by atoms with Crippen LogP contribution in [-0.4, -0.2) is 20.0 Å². The summed E-state index contributed by atoms with van der Waals surface area (Å²) < 4.78 is 1.77. The molecule has 0 atom stereocenters. The van der Waals surface area contributed by atoms with Crippen molar-refractivity contribution in [3.05, 3.63) is 11.4 Å². The van der Waals surface area contributed by atoms with E-state index in [4.69, 9.17) is 18.0 Å². The van der Waals surface area contributed by atoms with E-state index in [0.717, 1.165) is 5.69 Å². The highest BCUT2D eigenvalue weighted by molar-refractivity contribution is 7.80. The number of hydrogen-bond donors (Lipinski definition) is 1. The summed E-state index contributed by atoms with van der Waals surface area (Å²) in [5.74, 6) is 0.585. The molecule has 1 heterocycles. The number of thiocarbonyl (C=S) groups is 1. The Labute approximate surface area is 75.7 Å². The van der Waals surface area contributed by atoms with E-state index in [9.17, 15) is 0 Å². The van der Waals surface area contributed by atoms with Gasteiger partial charge in [-0.2, -0.15) is 0 Å². The minimum absolute atomic E-state index is 0.352. The van der Waals surface area contributed by atoms with Crippen molar-refractivity contribution in [2.75, 3.05) is 0 Å². The van der Waals surface area contributed by atoms with Crippen LogP contribution in [0, 0.1) is 0 Å². The van der Waals surface area contributed by atoms with Crippen LogP contribution < -0.4 is 5.73 Å². The summed E-state index contributed by atoms with van der Waals surface area (Å²) in [5.41, 5.74) is 7.31. The van der Waals surface area contributed by atoms with Gasteiger partial charge >= 0.3 is 0 Å². The average Bonchev–Trinajstić information content (AvgIpc) is 2.75. The van der Waals surface area contributed by atoms with Gasteiger partial charge in [0.15, 0.2) is 0 Å². The Balaban J connectivity index is 2.46. The van der Waals surface area contributed by atoms with Crippen LogP contribution >= 0.6 is 12.2 Å². The summed E-state index contributed by atoms with van der Waals surface area (Å²) in [7, 11) is 1.88. The van der Waals surface area contributed by atoms with Gasteiger partial charge in [-0.1, -0.05) is 17.4 Å². The maximum absolute atomic E-state index is 5.51. The minimum Gasteiger partial charge on any atom is -0.388 e. The first-order valence-corrected chi connectivity index (χ1v) is 4.30. The largest absolute Gasteiger partial charge is 0.388 e. The van der Waals surface area contributed by atoms with Crippen LogP contribution in [0.3, 0.4) is 0 Å². The first-order chi connectivity index (χ1) is 5.70. The summed E-state index contributed by atoms with van der Waals surface area (Å²) in [4.78, 5) is 0.352. The zero-order valence-electron chi connectivity index (χ0n) is 6.82. The Morgan fingerprint density at radius 3 is 2.83 bits per heavy atom. The highest BCUT2D eigenvalue weighted by Crippen LogP contribution is 2.40. The Hall–Kier alpha value is -0.970. The molecule has 0 aliphatic heterocycles. The lowest BCUT2D eigenvalue weighted by Crippen LogP contribution is -2.13. The lowest BCUT2D eigenvalue weighted by Gasteiger charge is -1.99. The van der Waals surface area contributed by atoms with E-state index in [-0.39, 0.29) is 0 Å². The molecule has 0 unspecified atom stereocenters. The predicted molar refractivity (Wildman–Crippen MR) is 48.9 cm³/mol. The smallest absolute Gasteiger partial charge is 0.143 e. The third kappa shape index (κ3) is 1.10. The highest BCUT2D eigenvalue weighted by Gasteiger charge is 2.31. The summed E-state index contributed by atoms with van der Waals surface area (Å²) in [6, 6.07) is 0. The number of nitrogens with zero attached hydrogens (tertiary/aromatic N) is 3. The lowest BCUT2D eigenvalue weighted by atomic mass is 10.2. The predicted octanol–water partition coefficient (Wildman–Crippen LogP) is 0.327. The molecule has 0 amide bonds. The van der Waals surface area contributed by atoms with Crippen LogP contribution in [0.4, 0.5) is 0 Å². The molecule has 4 nitrogen and oxygen atoms in total. The van der Waals surface area contributed by atoms with Gasteiger partial charge in [0.1, 0.15) is 10.7 Å². The van der Waals surface area contributed by atoms with Gasteiger partial charge < -0.3 is 5.73 Å². The van der Waals surface area contributed by atoms with Crippen LogP contribution in [-0.2, 0) is 7.05 Å². The van der Waals surface area contributed by atoms with Crippen molar-refractivity contribution >= 4 is 17.2 Å². The maximum Gasteiger partial charge on any atom is 0.143 e. The molecular formula is C7H10N4S. The molecule has 0 saturated heterocycles. The molecule has 12 heavy (non-hydrogen) atoms. The topological polar surface area (TPSA) is 56.7 Å². The molecule has 0 bridgehead atoms. The maximum atomic E-state index is 5.51. The van der Waals surface area contributed by atoms with Crippen molar-refractivity contribution in [1.29, 1.82) is 0 Å². The molecule has 0 spiro atoms. The quantitative estimate of drug-likeness (QED) is 0.669. The van der Waals surface area contributed by atoms with E-state index in [2.05, 4.69) is 10.3 Å². The average molecular weight is 182 g/mol. The van der Waals surface area contributed by atoms with Crippen LogP contribution in [0.2, 0.25) is 0 Å². The number of rotatable bonds is 2. The van der Waals surface area contributed by atoms with E-state index >= 15 is 0 Å². The van der Waals surface area contributed by atoms with E-state index in [1.165, 1.54) is 12.8 Å². The second kappa shape index (κ2) is 2.52. The second-order valence-corrected chi connectivity index (χ2v) is 3.53. The zero-order chi connectivity index (χ0) is 8.72. The van der Waals surface area contributed by atoms with Crippen molar-refractivity contribution in [2.24, 2.45) is 12.8 Å². The number of hydrogen-bond acceptors (Lipinski definition) is 3. The van der Waals surface area contributed by atoms with Gasteiger partial charge in [0.05, 0.1) is 5.69 Å². The van der Waals surface area contributed by atoms with Gasteiger partial charge in [-0.05, 0) is 12.8 Å². The fourth-order valence-corrected chi connectivity index (χ4v) is 1.50. The molecule has 2 rings (SSSR count). The molecule has 64 valence electrons. The number of aryl methyl sites for hydroxylation is 1. The van der Waals surface area contributed by atoms with E-state index < -0.39 is 0 Å². The van der Waals surface area contributed by atoms with Crippen molar-refractivity contribution in [1.82, 2.24) is 15.0 Å². The van der Waals surface area contributed by atoms with Gasteiger partial charge in [-0.25, -0.2) is 0 Å². The fraction of sp³-hybridized carbons (Fsp3) is 0.571. The van der Waals surface area contributed by atoms with Crippen LogP contribution in [0.25, 0.3) is 0 Å². The van der Waals surface area contributed by atoms with Crippen molar-refractivity contribution in [2.45, 2.75) is 18.8 Å². The summed E-state index contributed by atoms with van der Waals surface area (Å²) in [6.07, 6.45) is 2.41. The fourth-order valence-electron chi connectivity index (χ4n) is 1.35. The molecule has 1 aromatic heterocycles. The highest BCUT2D eigenvalue weighted by atomic mass is 32.1. The lowest BCUT2D eigenvalue weighted by molar-refractivity contribution is 0.679. The van der Waals surface area contributed by atoms with Gasteiger partial charge in [0, 0.05) is 13.0 Å². The molecule has 0 radical (unpaired) electrons. The Morgan fingerprint density at radius 2 is 2.33 bits per heavy atom. The summed E-state index contributed by atoms with van der Waals surface area (Å²) in [5, 5.41) is 7.82. The van der Waals surface area contributed by atoms with Crippen molar-refractivity contribution < 1.29 is 0 Å². The van der Waals surface area contributed by atoms with Gasteiger partial charge in [0.25, 0.3) is 0 Å². The molecule has 1 fully saturated rings. The zero-order valence-corrected chi connectivity index (χ0v) is 7.64. The second-order valence-electron chi connectivity index (χ2n) is 3.09. The van der Waals surface area contributed by atoms with Crippen LogP contribution in [0.5, 0.6) is 0 Å². The van der Waals surface area contributed by atoms with Crippen molar-refractivity contribution in [3.8, 4) is 0 Å². The third-order valence-electron chi connectivity index (χ3n) is 2.07. The first kappa shape index (κ1) is 7.67. The molecule has 0 aromatic carbocycles. The van der Waals surface area contributed by atoms with Crippen LogP contribution in [0.15, 0.2) is 0 Å². The Kier molecular flexibility index (Phi) is 1.61. The standard InChI is InChI=1S/C7H10N4S/c1-11-6(4-2-3-4)5(7(8)12)9-10-11/h4H,2-3H2,1H3,(H2,8,12). The van der Waals surface area contributed by atoms with E-state index in [0.29, 0.717) is 16.6 Å². The van der Waals surface area contributed by atoms with Crippen LogP contribution in [0.1, 0.15) is 30.1 Å². The van der Waals surface area contributed by atoms with Gasteiger partial charge in [0.2, 0.25) is 0 Å². The molecule has 5 heteroatoms. The molecule has 1 aromatic rings. The third-order valence-corrected chi connectivity index (χ3v) is 2.26. The minimum atomic E-state index is 0.352. The Bertz CT molecular complexity index is 326. The first-order valence-electron chi connectivity index (χ1n) is 3.89. The number of nitrogens with two attached hydrogens (primary N) is 1. The SMILES string of the molecule is Cn1nnc(C(N)=S)c1C1CC1. The number of aromatic nitrogens is 3. The molecule has 1 saturated carbocycles.